The fraction of sp³-hybridized carbons (Fsp3) is 1.00. The second-order valence-electron chi connectivity index (χ2n) is 3.85. The van der Waals surface area contributed by atoms with Gasteiger partial charge in [0.25, 0.3) is 0 Å². The van der Waals surface area contributed by atoms with Crippen LogP contribution in [0.3, 0.4) is 0 Å². The molecule has 0 aliphatic carbocycles. The standard InChI is InChI=1S/C10H24N2/c1-4-7-10(11)8-5-6-9-12(2)3/h10H,4-9,11H2,1-3H3. The smallest absolute Gasteiger partial charge is 0.00387 e. The number of nitrogens with zero attached hydrogens (tertiary/aromatic N) is 1. The van der Waals surface area contributed by atoms with E-state index < -0.39 is 0 Å². The highest BCUT2D eigenvalue weighted by Crippen LogP contribution is 2.04. The van der Waals surface area contributed by atoms with E-state index in [1.54, 1.807) is 0 Å². The molecule has 0 spiro atoms. The van der Waals surface area contributed by atoms with Gasteiger partial charge in [-0.1, -0.05) is 19.8 Å². The number of rotatable bonds is 7. The molecule has 0 aromatic carbocycles. The monoisotopic (exact) mass is 172 g/mol. The first-order valence-corrected chi connectivity index (χ1v) is 5.07. The number of unbranched alkanes of at least 4 members (excludes halogenated alkanes) is 1. The van der Waals surface area contributed by atoms with Gasteiger partial charge in [-0.05, 0) is 39.9 Å². The minimum Gasteiger partial charge on any atom is -0.328 e. The Morgan fingerprint density at radius 1 is 1.17 bits per heavy atom. The van der Waals surface area contributed by atoms with Crippen molar-refractivity contribution >= 4 is 0 Å². The van der Waals surface area contributed by atoms with Crippen molar-refractivity contribution in [3.05, 3.63) is 0 Å². The van der Waals surface area contributed by atoms with Gasteiger partial charge in [0, 0.05) is 6.04 Å². The summed E-state index contributed by atoms with van der Waals surface area (Å²) in [6, 6.07) is 0.442. The Morgan fingerprint density at radius 3 is 2.33 bits per heavy atom. The lowest BCUT2D eigenvalue weighted by Crippen LogP contribution is -2.20. The lowest BCUT2D eigenvalue weighted by Gasteiger charge is -2.11. The third-order valence-corrected chi connectivity index (χ3v) is 2.09. The molecule has 2 N–H and O–H groups in total. The summed E-state index contributed by atoms with van der Waals surface area (Å²) in [5.41, 5.74) is 5.89. The van der Waals surface area contributed by atoms with Crippen LogP contribution in [-0.2, 0) is 0 Å². The summed E-state index contributed by atoms with van der Waals surface area (Å²) in [4.78, 5) is 2.23. The maximum Gasteiger partial charge on any atom is 0.00387 e. The van der Waals surface area contributed by atoms with Crippen LogP contribution >= 0.6 is 0 Å². The zero-order valence-electron chi connectivity index (χ0n) is 8.84. The number of hydrogen-bond acceptors (Lipinski definition) is 2. The van der Waals surface area contributed by atoms with E-state index in [-0.39, 0.29) is 0 Å². The summed E-state index contributed by atoms with van der Waals surface area (Å²) in [5, 5.41) is 0. The van der Waals surface area contributed by atoms with E-state index in [9.17, 15) is 0 Å². The van der Waals surface area contributed by atoms with Gasteiger partial charge in [0.15, 0.2) is 0 Å². The first-order valence-electron chi connectivity index (χ1n) is 5.07. The van der Waals surface area contributed by atoms with Gasteiger partial charge in [-0.25, -0.2) is 0 Å². The molecule has 0 aromatic rings. The summed E-state index contributed by atoms with van der Waals surface area (Å²) in [7, 11) is 4.23. The molecule has 0 aromatic heterocycles. The molecule has 1 atom stereocenters. The lowest BCUT2D eigenvalue weighted by atomic mass is 10.1. The average molecular weight is 172 g/mol. The van der Waals surface area contributed by atoms with E-state index in [0.717, 1.165) is 0 Å². The van der Waals surface area contributed by atoms with Crippen molar-refractivity contribution in [2.75, 3.05) is 20.6 Å². The Hall–Kier alpha value is -0.0800. The van der Waals surface area contributed by atoms with Gasteiger partial charge in [0.1, 0.15) is 0 Å². The summed E-state index contributed by atoms with van der Waals surface area (Å²) in [5.74, 6) is 0. The molecule has 2 nitrogen and oxygen atoms in total. The molecular formula is C10H24N2. The van der Waals surface area contributed by atoms with E-state index in [1.807, 2.05) is 0 Å². The highest BCUT2D eigenvalue weighted by atomic mass is 15.0. The predicted molar refractivity (Wildman–Crippen MR) is 55.3 cm³/mol. The first kappa shape index (κ1) is 11.9. The first-order chi connectivity index (χ1) is 5.66. The minimum atomic E-state index is 0.442. The molecule has 0 heterocycles. The molecule has 0 amide bonds. The molecule has 0 bridgehead atoms. The van der Waals surface area contributed by atoms with Crippen LogP contribution in [0.5, 0.6) is 0 Å². The van der Waals surface area contributed by atoms with Gasteiger partial charge in [0.2, 0.25) is 0 Å². The molecule has 0 saturated carbocycles. The topological polar surface area (TPSA) is 29.3 Å². The highest BCUT2D eigenvalue weighted by Gasteiger charge is 2.00. The summed E-state index contributed by atoms with van der Waals surface area (Å²) >= 11 is 0. The molecule has 0 aliphatic heterocycles. The van der Waals surface area contributed by atoms with Crippen LogP contribution in [-0.4, -0.2) is 31.6 Å². The maximum atomic E-state index is 5.89. The van der Waals surface area contributed by atoms with Crippen LogP contribution in [0, 0.1) is 0 Å². The van der Waals surface area contributed by atoms with Gasteiger partial charge in [-0.3, -0.25) is 0 Å². The van der Waals surface area contributed by atoms with Crippen molar-refractivity contribution in [3.8, 4) is 0 Å². The highest BCUT2D eigenvalue weighted by molar-refractivity contribution is 4.60. The van der Waals surface area contributed by atoms with E-state index >= 15 is 0 Å². The SMILES string of the molecule is CCCC(N)CCCCN(C)C. The molecule has 1 unspecified atom stereocenters. The van der Waals surface area contributed by atoms with E-state index in [0.29, 0.717) is 6.04 Å². The summed E-state index contributed by atoms with van der Waals surface area (Å²) in [6.07, 6.45) is 6.16. The molecule has 0 saturated heterocycles. The van der Waals surface area contributed by atoms with E-state index in [1.165, 1.54) is 38.6 Å². The van der Waals surface area contributed by atoms with Crippen molar-refractivity contribution in [1.82, 2.24) is 4.90 Å². The van der Waals surface area contributed by atoms with Crippen molar-refractivity contribution in [2.45, 2.75) is 45.1 Å². The zero-order valence-corrected chi connectivity index (χ0v) is 8.84. The quantitative estimate of drug-likeness (QED) is 0.594. The van der Waals surface area contributed by atoms with Crippen molar-refractivity contribution in [2.24, 2.45) is 5.73 Å². The van der Waals surface area contributed by atoms with Crippen LogP contribution in [0.4, 0.5) is 0 Å². The van der Waals surface area contributed by atoms with E-state index in [4.69, 9.17) is 5.73 Å². The van der Waals surface area contributed by atoms with E-state index in [2.05, 4.69) is 25.9 Å². The summed E-state index contributed by atoms with van der Waals surface area (Å²) < 4.78 is 0. The van der Waals surface area contributed by atoms with Crippen LogP contribution < -0.4 is 5.73 Å². The minimum absolute atomic E-state index is 0.442. The maximum absolute atomic E-state index is 5.89. The Balaban J connectivity index is 3.08. The van der Waals surface area contributed by atoms with Crippen LogP contribution in [0.1, 0.15) is 39.0 Å². The normalized spacial score (nSPS) is 13.8. The zero-order chi connectivity index (χ0) is 9.40. The molecule has 0 radical (unpaired) electrons. The van der Waals surface area contributed by atoms with Crippen LogP contribution in [0.25, 0.3) is 0 Å². The number of hydrogen-bond donors (Lipinski definition) is 1. The van der Waals surface area contributed by atoms with Gasteiger partial charge in [0.05, 0.1) is 0 Å². The Kier molecular flexibility index (Phi) is 7.51. The van der Waals surface area contributed by atoms with Gasteiger partial charge in [-0.15, -0.1) is 0 Å². The molecular weight excluding hydrogens is 148 g/mol. The van der Waals surface area contributed by atoms with Crippen LogP contribution in [0.15, 0.2) is 0 Å². The molecule has 74 valence electrons. The lowest BCUT2D eigenvalue weighted by molar-refractivity contribution is 0.384. The predicted octanol–water partition coefficient (Wildman–Crippen LogP) is 1.85. The van der Waals surface area contributed by atoms with Crippen molar-refractivity contribution in [1.29, 1.82) is 0 Å². The molecule has 12 heavy (non-hydrogen) atoms. The molecule has 0 fully saturated rings. The fourth-order valence-electron chi connectivity index (χ4n) is 1.35. The van der Waals surface area contributed by atoms with Gasteiger partial charge >= 0.3 is 0 Å². The molecule has 0 rings (SSSR count). The summed E-state index contributed by atoms with van der Waals surface area (Å²) in [6.45, 7) is 3.39. The van der Waals surface area contributed by atoms with Crippen molar-refractivity contribution in [3.63, 3.8) is 0 Å². The largest absolute Gasteiger partial charge is 0.328 e. The third-order valence-electron chi connectivity index (χ3n) is 2.09. The van der Waals surface area contributed by atoms with Gasteiger partial charge < -0.3 is 10.6 Å². The Labute approximate surface area is 77.1 Å². The molecule has 2 heteroatoms. The van der Waals surface area contributed by atoms with Crippen LogP contribution in [0.2, 0.25) is 0 Å². The third kappa shape index (κ3) is 8.02. The Bertz CT molecular complexity index is 91.8. The Morgan fingerprint density at radius 2 is 1.83 bits per heavy atom. The van der Waals surface area contributed by atoms with Gasteiger partial charge in [-0.2, -0.15) is 0 Å². The molecule has 0 aliphatic rings. The average Bonchev–Trinajstić information content (AvgIpc) is 1.98. The number of nitrogens with two attached hydrogens (primary N) is 1. The second kappa shape index (κ2) is 7.56. The van der Waals surface area contributed by atoms with Crippen molar-refractivity contribution < 1.29 is 0 Å². The fourth-order valence-corrected chi connectivity index (χ4v) is 1.35. The second-order valence-corrected chi connectivity index (χ2v) is 3.85.